The van der Waals surface area contributed by atoms with Gasteiger partial charge in [-0.05, 0) is 35.5 Å². The lowest BCUT2D eigenvalue weighted by molar-refractivity contribution is -0.385. The van der Waals surface area contributed by atoms with Crippen LogP contribution in [-0.2, 0) is 11.3 Å². The highest BCUT2D eigenvalue weighted by Crippen LogP contribution is 2.35. The molecule has 1 saturated heterocycles. The van der Waals surface area contributed by atoms with Gasteiger partial charge in [0.05, 0.1) is 23.5 Å². The third kappa shape index (κ3) is 3.77. The molecule has 0 unspecified atom stereocenters. The van der Waals surface area contributed by atoms with Crippen molar-refractivity contribution >= 4 is 34.7 Å². The average molecular weight is 386 g/mol. The van der Waals surface area contributed by atoms with E-state index in [1.807, 2.05) is 0 Å². The summed E-state index contributed by atoms with van der Waals surface area (Å²) in [7, 11) is 1.40. The quantitative estimate of drug-likeness (QED) is 0.475. The van der Waals surface area contributed by atoms with Crippen LogP contribution in [-0.4, -0.2) is 33.2 Å². The highest BCUT2D eigenvalue weighted by molar-refractivity contribution is 8.18. The largest absolute Gasteiger partial charge is 0.504 e. The van der Waals surface area contributed by atoms with Crippen LogP contribution in [0.15, 0.2) is 47.4 Å². The normalized spacial score (nSPS) is 15.4. The summed E-state index contributed by atoms with van der Waals surface area (Å²) in [6.45, 7) is -0.182. The number of phenols is 1. The molecule has 2 aromatic rings. The summed E-state index contributed by atoms with van der Waals surface area (Å²) >= 11 is 0.753. The van der Waals surface area contributed by atoms with Gasteiger partial charge in [0.15, 0.2) is 11.5 Å². The first-order valence-electron chi connectivity index (χ1n) is 7.75. The van der Waals surface area contributed by atoms with Crippen LogP contribution in [0.1, 0.15) is 11.1 Å². The first-order valence-corrected chi connectivity index (χ1v) is 8.57. The lowest BCUT2D eigenvalue weighted by Crippen LogP contribution is -2.27. The molecule has 0 aromatic heterocycles. The second-order valence-electron chi connectivity index (χ2n) is 5.58. The molecule has 138 valence electrons. The van der Waals surface area contributed by atoms with E-state index in [0.717, 1.165) is 16.7 Å². The number of amides is 2. The number of imide groups is 1. The van der Waals surface area contributed by atoms with E-state index in [1.54, 1.807) is 12.1 Å². The van der Waals surface area contributed by atoms with E-state index in [2.05, 4.69) is 0 Å². The van der Waals surface area contributed by atoms with Crippen molar-refractivity contribution in [3.63, 3.8) is 0 Å². The van der Waals surface area contributed by atoms with Crippen molar-refractivity contribution in [2.45, 2.75) is 6.54 Å². The zero-order chi connectivity index (χ0) is 19.6. The van der Waals surface area contributed by atoms with Gasteiger partial charge in [-0.1, -0.05) is 24.3 Å². The van der Waals surface area contributed by atoms with Crippen molar-refractivity contribution in [3.05, 3.63) is 68.6 Å². The van der Waals surface area contributed by atoms with Crippen LogP contribution in [0, 0.1) is 10.1 Å². The molecule has 27 heavy (non-hydrogen) atoms. The number of nitro benzene ring substituents is 1. The topological polar surface area (TPSA) is 110 Å². The fraction of sp³-hybridized carbons (Fsp3) is 0.111. The summed E-state index contributed by atoms with van der Waals surface area (Å²) in [5.74, 6) is -0.336. The number of aromatic hydroxyl groups is 1. The highest BCUT2D eigenvalue weighted by Gasteiger charge is 2.36. The van der Waals surface area contributed by atoms with Gasteiger partial charge >= 0.3 is 0 Å². The molecule has 2 aromatic carbocycles. The molecule has 3 rings (SSSR count). The molecule has 0 saturated carbocycles. The maximum absolute atomic E-state index is 12.6. The third-order valence-electron chi connectivity index (χ3n) is 3.89. The molecule has 0 bridgehead atoms. The van der Waals surface area contributed by atoms with E-state index >= 15 is 0 Å². The van der Waals surface area contributed by atoms with Gasteiger partial charge < -0.3 is 9.84 Å². The average Bonchev–Trinajstić information content (AvgIpc) is 2.91. The van der Waals surface area contributed by atoms with Crippen LogP contribution in [0.5, 0.6) is 11.5 Å². The van der Waals surface area contributed by atoms with Gasteiger partial charge in [0.2, 0.25) is 0 Å². The zero-order valence-electron chi connectivity index (χ0n) is 14.1. The smallest absolute Gasteiger partial charge is 0.293 e. The predicted octanol–water partition coefficient (Wildman–Crippen LogP) is 3.55. The molecule has 1 N–H and O–H groups in total. The molecule has 8 nitrogen and oxygen atoms in total. The number of benzene rings is 2. The lowest BCUT2D eigenvalue weighted by atomic mass is 10.1. The van der Waals surface area contributed by atoms with Crippen molar-refractivity contribution in [1.29, 1.82) is 0 Å². The molecule has 0 spiro atoms. The Labute approximate surface area is 158 Å². The predicted molar refractivity (Wildman–Crippen MR) is 99.3 cm³/mol. The fourth-order valence-corrected chi connectivity index (χ4v) is 3.40. The van der Waals surface area contributed by atoms with Crippen molar-refractivity contribution < 1.29 is 24.4 Å². The van der Waals surface area contributed by atoms with E-state index in [1.165, 1.54) is 43.5 Å². The van der Waals surface area contributed by atoms with Crippen LogP contribution >= 0.6 is 11.8 Å². The number of phenolic OH excluding ortho intramolecular Hbond substituents is 1. The minimum absolute atomic E-state index is 0.0425. The van der Waals surface area contributed by atoms with Crippen LogP contribution < -0.4 is 4.74 Å². The number of ether oxygens (including phenoxy) is 1. The molecule has 1 aliphatic heterocycles. The first-order chi connectivity index (χ1) is 12.9. The molecule has 1 aliphatic rings. The second-order valence-corrected chi connectivity index (χ2v) is 6.58. The highest BCUT2D eigenvalue weighted by atomic mass is 32.2. The van der Waals surface area contributed by atoms with Gasteiger partial charge in [0.1, 0.15) is 0 Å². The van der Waals surface area contributed by atoms with E-state index in [9.17, 15) is 24.8 Å². The Morgan fingerprint density at radius 3 is 2.70 bits per heavy atom. The van der Waals surface area contributed by atoms with E-state index in [0.29, 0.717) is 5.56 Å². The number of hydrogen-bond acceptors (Lipinski definition) is 7. The summed E-state index contributed by atoms with van der Waals surface area (Å²) in [5.41, 5.74) is 0.696. The number of carbonyl (C=O) groups excluding carboxylic acids is 2. The van der Waals surface area contributed by atoms with Gasteiger partial charge in [-0.25, -0.2) is 0 Å². The number of carbonyl (C=O) groups is 2. The fourth-order valence-electron chi connectivity index (χ4n) is 2.56. The van der Waals surface area contributed by atoms with Crippen molar-refractivity contribution in [2.75, 3.05) is 7.11 Å². The van der Waals surface area contributed by atoms with Gasteiger partial charge in [0.25, 0.3) is 16.8 Å². The molecule has 0 aliphatic carbocycles. The molecule has 0 radical (unpaired) electrons. The maximum Gasteiger partial charge on any atom is 0.293 e. The maximum atomic E-state index is 12.6. The Morgan fingerprint density at radius 2 is 2.00 bits per heavy atom. The van der Waals surface area contributed by atoms with Crippen molar-refractivity contribution in [2.24, 2.45) is 0 Å². The van der Waals surface area contributed by atoms with Crippen LogP contribution in [0.4, 0.5) is 10.5 Å². The number of hydrogen-bond donors (Lipinski definition) is 1. The van der Waals surface area contributed by atoms with Crippen molar-refractivity contribution in [3.8, 4) is 11.5 Å². The van der Waals surface area contributed by atoms with E-state index in [-0.39, 0.29) is 34.2 Å². The van der Waals surface area contributed by atoms with E-state index < -0.39 is 16.1 Å². The lowest BCUT2D eigenvalue weighted by Gasteiger charge is -2.12. The molecular weight excluding hydrogens is 372 g/mol. The van der Waals surface area contributed by atoms with E-state index in [4.69, 9.17) is 4.74 Å². The second kappa shape index (κ2) is 7.50. The summed E-state index contributed by atoms with van der Waals surface area (Å²) < 4.78 is 5.02. The Morgan fingerprint density at radius 1 is 1.26 bits per heavy atom. The molecule has 1 fully saturated rings. The standard InChI is InChI=1S/C18H14N2O6S/c1-26-15-8-11(6-7-14(15)21)9-16-17(22)19(18(23)27-16)10-12-4-2-3-5-13(12)20(24)25/h2-9,21H,10H2,1H3/b16-9-. The third-order valence-corrected chi connectivity index (χ3v) is 4.80. The number of nitrogens with zero attached hydrogens (tertiary/aromatic N) is 2. The molecule has 0 atom stereocenters. The number of methoxy groups -OCH3 is 1. The number of nitro groups is 1. The number of rotatable bonds is 5. The number of para-hydroxylation sites is 1. The summed E-state index contributed by atoms with van der Waals surface area (Å²) in [6, 6.07) is 10.5. The SMILES string of the molecule is COc1cc(/C=C2\SC(=O)N(Cc3ccccc3[N+](=O)[O-])C2=O)ccc1O. The summed E-state index contributed by atoms with van der Waals surface area (Å²) in [6.07, 6.45) is 1.51. The van der Waals surface area contributed by atoms with Crippen LogP contribution in [0.3, 0.4) is 0 Å². The van der Waals surface area contributed by atoms with Crippen molar-refractivity contribution in [1.82, 2.24) is 4.90 Å². The van der Waals surface area contributed by atoms with Crippen LogP contribution in [0.2, 0.25) is 0 Å². The van der Waals surface area contributed by atoms with Gasteiger partial charge in [-0.2, -0.15) is 0 Å². The molecule has 9 heteroatoms. The summed E-state index contributed by atoms with van der Waals surface area (Å²) in [5, 5.41) is 20.2. The van der Waals surface area contributed by atoms with Gasteiger partial charge in [-0.3, -0.25) is 24.6 Å². The number of thioether (sulfide) groups is 1. The monoisotopic (exact) mass is 386 g/mol. The first kappa shape index (κ1) is 18.5. The van der Waals surface area contributed by atoms with Gasteiger partial charge in [0, 0.05) is 11.6 Å². The van der Waals surface area contributed by atoms with Crippen LogP contribution in [0.25, 0.3) is 6.08 Å². The zero-order valence-corrected chi connectivity index (χ0v) is 14.9. The Balaban J connectivity index is 1.87. The Hall–Kier alpha value is -3.33. The minimum Gasteiger partial charge on any atom is -0.504 e. The minimum atomic E-state index is -0.549. The molecule has 2 amide bonds. The van der Waals surface area contributed by atoms with Gasteiger partial charge in [-0.15, -0.1) is 0 Å². The Kier molecular flexibility index (Phi) is 5.13. The molecule has 1 heterocycles. The Bertz CT molecular complexity index is 972. The summed E-state index contributed by atoms with van der Waals surface area (Å²) in [4.78, 5) is 36.6. The molecular formula is C18H14N2O6S.